The summed E-state index contributed by atoms with van der Waals surface area (Å²) in [6.07, 6.45) is 3.72. The van der Waals surface area contributed by atoms with Crippen LogP contribution < -0.4 is 5.32 Å². The number of hydrogen-bond donors (Lipinski definition) is 2. The number of imidazole rings is 1. The van der Waals surface area contributed by atoms with E-state index in [-0.39, 0.29) is 5.82 Å². The van der Waals surface area contributed by atoms with Gasteiger partial charge in [-0.15, -0.1) is 0 Å². The van der Waals surface area contributed by atoms with E-state index >= 15 is 0 Å². The molecule has 27 heavy (non-hydrogen) atoms. The monoisotopic (exact) mass is 376 g/mol. The smallest absolute Gasteiger partial charge is 0.166 e. The second kappa shape index (κ2) is 7.63. The van der Waals surface area contributed by atoms with E-state index in [1.165, 1.54) is 23.9 Å². The van der Waals surface area contributed by atoms with Gasteiger partial charge in [0.1, 0.15) is 11.6 Å². The molecule has 6 heteroatoms. The molecule has 0 amide bonds. The Labute approximate surface area is 160 Å². The van der Waals surface area contributed by atoms with Gasteiger partial charge in [-0.05, 0) is 54.8 Å². The molecule has 0 fully saturated rings. The van der Waals surface area contributed by atoms with Crippen molar-refractivity contribution in [2.24, 2.45) is 0 Å². The summed E-state index contributed by atoms with van der Waals surface area (Å²) in [7, 11) is 0. The van der Waals surface area contributed by atoms with Crippen molar-refractivity contribution in [1.82, 2.24) is 15.0 Å². The molecule has 0 atom stereocenters. The van der Waals surface area contributed by atoms with Crippen LogP contribution in [0.4, 0.5) is 15.9 Å². The quantitative estimate of drug-likeness (QED) is 0.436. The Balaban J connectivity index is 1.74. The average Bonchev–Trinajstić information content (AvgIpc) is 3.14. The molecular formula is C21H17FN4S. The van der Waals surface area contributed by atoms with Gasteiger partial charge in [-0.25, -0.2) is 14.4 Å². The van der Waals surface area contributed by atoms with Gasteiger partial charge in [-0.3, -0.25) is 0 Å². The number of thioether (sulfide) groups is 1. The molecule has 2 N–H and O–H groups in total. The molecule has 4 nitrogen and oxygen atoms in total. The van der Waals surface area contributed by atoms with Gasteiger partial charge in [-0.2, -0.15) is 0 Å². The summed E-state index contributed by atoms with van der Waals surface area (Å²) in [6.45, 7) is 0. The second-order valence-corrected chi connectivity index (χ2v) is 6.69. The zero-order valence-corrected chi connectivity index (χ0v) is 15.4. The van der Waals surface area contributed by atoms with Crippen molar-refractivity contribution >= 4 is 23.3 Å². The van der Waals surface area contributed by atoms with Crippen LogP contribution in [0.5, 0.6) is 0 Å². The van der Waals surface area contributed by atoms with Crippen LogP contribution in [-0.4, -0.2) is 21.2 Å². The number of anilines is 2. The lowest BCUT2D eigenvalue weighted by atomic mass is 10.1. The lowest BCUT2D eigenvalue weighted by Crippen LogP contribution is -1.94. The predicted molar refractivity (Wildman–Crippen MR) is 109 cm³/mol. The van der Waals surface area contributed by atoms with Crippen molar-refractivity contribution in [3.63, 3.8) is 0 Å². The molecule has 0 aliphatic heterocycles. The summed E-state index contributed by atoms with van der Waals surface area (Å²) in [6, 6.07) is 20.2. The molecular weight excluding hydrogens is 359 g/mol. The topological polar surface area (TPSA) is 53.6 Å². The Kier molecular flexibility index (Phi) is 4.89. The molecule has 0 aliphatic carbocycles. The van der Waals surface area contributed by atoms with Gasteiger partial charge < -0.3 is 10.3 Å². The third-order valence-corrected chi connectivity index (χ3v) is 4.67. The van der Waals surface area contributed by atoms with E-state index in [1.807, 2.05) is 48.7 Å². The number of halogens is 1. The highest BCUT2D eigenvalue weighted by Gasteiger charge is 2.15. The number of benzene rings is 2. The first-order chi connectivity index (χ1) is 13.2. The second-order valence-electron chi connectivity index (χ2n) is 5.90. The fourth-order valence-electron chi connectivity index (χ4n) is 2.80. The van der Waals surface area contributed by atoms with Crippen LogP contribution in [0.3, 0.4) is 0 Å². The summed E-state index contributed by atoms with van der Waals surface area (Å²) < 4.78 is 13.3. The Morgan fingerprint density at radius 3 is 2.48 bits per heavy atom. The summed E-state index contributed by atoms with van der Waals surface area (Å²) in [5, 5.41) is 4.11. The molecule has 2 aromatic carbocycles. The number of para-hydroxylation sites is 1. The van der Waals surface area contributed by atoms with Crippen LogP contribution in [0.25, 0.3) is 22.5 Å². The molecule has 0 saturated carbocycles. The molecule has 0 radical (unpaired) electrons. The minimum Gasteiger partial charge on any atom is -0.340 e. The molecule has 0 bridgehead atoms. The average molecular weight is 376 g/mol. The van der Waals surface area contributed by atoms with Crippen molar-refractivity contribution in [1.29, 1.82) is 0 Å². The number of nitrogens with zero attached hydrogens (tertiary/aromatic N) is 2. The Morgan fingerprint density at radius 2 is 1.74 bits per heavy atom. The summed E-state index contributed by atoms with van der Waals surface area (Å²) >= 11 is 1.53. The van der Waals surface area contributed by atoms with E-state index in [4.69, 9.17) is 0 Å². The normalized spacial score (nSPS) is 10.7. The van der Waals surface area contributed by atoms with Gasteiger partial charge in [-0.1, -0.05) is 30.0 Å². The molecule has 0 spiro atoms. The lowest BCUT2D eigenvalue weighted by molar-refractivity contribution is 0.628. The largest absolute Gasteiger partial charge is 0.340 e. The van der Waals surface area contributed by atoms with E-state index in [0.717, 1.165) is 39.2 Å². The van der Waals surface area contributed by atoms with Crippen LogP contribution in [-0.2, 0) is 0 Å². The minimum absolute atomic E-state index is 0.265. The number of rotatable bonds is 5. The highest BCUT2D eigenvalue weighted by atomic mass is 32.2. The van der Waals surface area contributed by atoms with E-state index in [1.54, 1.807) is 18.3 Å². The van der Waals surface area contributed by atoms with Crippen LogP contribution in [0.1, 0.15) is 0 Å². The lowest BCUT2D eigenvalue weighted by Gasteiger charge is -2.08. The number of hydrogen-bond acceptors (Lipinski definition) is 4. The zero-order chi connectivity index (χ0) is 18.6. The van der Waals surface area contributed by atoms with Crippen molar-refractivity contribution < 1.29 is 4.39 Å². The molecule has 2 heterocycles. The number of pyridine rings is 1. The first kappa shape index (κ1) is 17.3. The van der Waals surface area contributed by atoms with E-state index in [2.05, 4.69) is 20.3 Å². The van der Waals surface area contributed by atoms with Crippen molar-refractivity contribution in [2.45, 2.75) is 5.16 Å². The van der Waals surface area contributed by atoms with E-state index in [0.29, 0.717) is 0 Å². The molecule has 0 unspecified atom stereocenters. The van der Waals surface area contributed by atoms with E-state index in [9.17, 15) is 4.39 Å². The molecule has 0 aliphatic rings. The third kappa shape index (κ3) is 3.85. The maximum Gasteiger partial charge on any atom is 0.166 e. The summed E-state index contributed by atoms with van der Waals surface area (Å²) in [5.41, 5.74) is 4.45. The Morgan fingerprint density at radius 1 is 0.963 bits per heavy atom. The zero-order valence-electron chi connectivity index (χ0n) is 14.6. The fraction of sp³-hybridized carbons (Fsp3) is 0.0476. The number of H-pyrrole nitrogens is 1. The maximum absolute atomic E-state index is 13.3. The minimum atomic E-state index is -0.265. The SMILES string of the molecule is CSc1nc(-c2ccc(F)cc2)c(-c2ccnc(Nc3ccccc3)c2)[nH]1. The Hall–Kier alpha value is -3.12. The van der Waals surface area contributed by atoms with Gasteiger partial charge >= 0.3 is 0 Å². The number of aromatic nitrogens is 3. The van der Waals surface area contributed by atoms with Crippen LogP contribution in [0, 0.1) is 5.82 Å². The van der Waals surface area contributed by atoms with Gasteiger partial charge in [0.25, 0.3) is 0 Å². The fourth-order valence-corrected chi connectivity index (χ4v) is 3.18. The van der Waals surface area contributed by atoms with Crippen LogP contribution >= 0.6 is 11.8 Å². The highest BCUT2D eigenvalue weighted by Crippen LogP contribution is 2.33. The van der Waals surface area contributed by atoms with Crippen LogP contribution in [0.2, 0.25) is 0 Å². The molecule has 134 valence electrons. The molecule has 0 saturated heterocycles. The van der Waals surface area contributed by atoms with Gasteiger partial charge in [0.15, 0.2) is 5.16 Å². The van der Waals surface area contributed by atoms with Crippen molar-refractivity contribution in [3.05, 3.63) is 78.7 Å². The van der Waals surface area contributed by atoms with Crippen molar-refractivity contribution in [3.8, 4) is 22.5 Å². The number of aromatic amines is 1. The van der Waals surface area contributed by atoms with Crippen LogP contribution in [0.15, 0.2) is 78.1 Å². The first-order valence-electron chi connectivity index (χ1n) is 8.41. The van der Waals surface area contributed by atoms with Gasteiger partial charge in [0, 0.05) is 23.0 Å². The standard InChI is InChI=1S/C21H17FN4S/c1-27-21-25-19(14-7-9-16(22)10-8-14)20(26-21)15-11-12-23-18(13-15)24-17-5-3-2-4-6-17/h2-13H,1H3,(H,23,24)(H,25,26). The number of nitrogens with one attached hydrogen (secondary N) is 2. The molecule has 4 aromatic rings. The highest BCUT2D eigenvalue weighted by molar-refractivity contribution is 7.98. The molecule has 2 aromatic heterocycles. The van der Waals surface area contributed by atoms with Gasteiger partial charge in [0.2, 0.25) is 0 Å². The summed E-state index contributed by atoms with van der Waals surface area (Å²) in [4.78, 5) is 12.4. The first-order valence-corrected chi connectivity index (χ1v) is 9.64. The van der Waals surface area contributed by atoms with Crippen molar-refractivity contribution in [2.75, 3.05) is 11.6 Å². The third-order valence-electron chi connectivity index (χ3n) is 4.09. The summed E-state index contributed by atoms with van der Waals surface area (Å²) in [5.74, 6) is 0.475. The van der Waals surface area contributed by atoms with Gasteiger partial charge in [0.05, 0.1) is 11.4 Å². The maximum atomic E-state index is 13.3. The Bertz CT molecular complexity index is 1050. The molecule has 4 rings (SSSR count). The van der Waals surface area contributed by atoms with E-state index < -0.39 is 0 Å². The predicted octanol–water partition coefficient (Wildman–Crippen LogP) is 5.74.